The van der Waals surface area contributed by atoms with Crippen molar-refractivity contribution in [3.63, 3.8) is 0 Å². The molecule has 0 saturated carbocycles. The van der Waals surface area contributed by atoms with E-state index in [0.29, 0.717) is 0 Å². The van der Waals surface area contributed by atoms with E-state index >= 15 is 0 Å². The maximum Gasteiger partial charge on any atom is 0.128 e. The largest absolute Gasteiger partial charge is 0.382 e. The molecular weight excluding hydrogens is 318 g/mol. The van der Waals surface area contributed by atoms with Crippen molar-refractivity contribution in [2.24, 2.45) is 0 Å². The Morgan fingerprint density at radius 1 is 0.731 bits per heavy atom. The van der Waals surface area contributed by atoms with Crippen molar-refractivity contribution in [3.05, 3.63) is 35.9 Å². The Hall–Kier alpha value is -0.860. The predicted molar refractivity (Wildman–Crippen MR) is 114 cm³/mol. The van der Waals surface area contributed by atoms with Crippen molar-refractivity contribution in [2.45, 2.75) is 90.1 Å². The third-order valence-electron chi connectivity index (χ3n) is 5.47. The molecule has 0 heterocycles. The van der Waals surface area contributed by atoms with Gasteiger partial charge in [0.1, 0.15) is 12.6 Å². The average molecular weight is 363 g/mol. The van der Waals surface area contributed by atoms with Gasteiger partial charge in [-0.05, 0) is 18.4 Å². The summed E-state index contributed by atoms with van der Waals surface area (Å²) in [6.07, 6.45) is 16.4. The molecule has 1 aromatic rings. The zero-order chi connectivity index (χ0) is 19.1. The van der Waals surface area contributed by atoms with Gasteiger partial charge in [-0.1, -0.05) is 101 Å². The minimum atomic E-state index is -0.358. The van der Waals surface area contributed by atoms with E-state index in [9.17, 15) is 5.11 Å². The van der Waals surface area contributed by atoms with Crippen LogP contribution in [-0.4, -0.2) is 36.8 Å². The fourth-order valence-electron chi connectivity index (χ4n) is 3.72. The highest BCUT2D eigenvalue weighted by molar-refractivity contribution is 5.17. The van der Waals surface area contributed by atoms with Crippen molar-refractivity contribution in [1.82, 2.24) is 0 Å². The average Bonchev–Trinajstić information content (AvgIpc) is 2.63. The maximum absolute atomic E-state index is 10.4. The molecule has 0 fully saturated rings. The van der Waals surface area contributed by atoms with E-state index in [1.165, 1.54) is 77.0 Å². The SMILES string of the molecule is CCCCCCCCCCCCCC[N+](C)(C)CC(O)c1ccccc1. The van der Waals surface area contributed by atoms with Gasteiger partial charge in [0.05, 0.1) is 20.6 Å². The number of aliphatic hydroxyl groups excluding tert-OH is 1. The minimum absolute atomic E-state index is 0.358. The molecule has 1 aromatic carbocycles. The Labute approximate surface area is 163 Å². The molecule has 0 aliphatic heterocycles. The van der Waals surface area contributed by atoms with E-state index in [1.54, 1.807) is 0 Å². The van der Waals surface area contributed by atoms with Crippen molar-refractivity contribution in [1.29, 1.82) is 0 Å². The lowest BCUT2D eigenvalue weighted by Crippen LogP contribution is -2.43. The van der Waals surface area contributed by atoms with Crippen LogP contribution in [0.4, 0.5) is 0 Å². The van der Waals surface area contributed by atoms with Crippen LogP contribution >= 0.6 is 0 Å². The zero-order valence-corrected chi connectivity index (χ0v) is 17.8. The number of quaternary nitrogens is 1. The van der Waals surface area contributed by atoms with Crippen molar-refractivity contribution < 1.29 is 9.59 Å². The molecule has 0 aromatic heterocycles. The Balaban J connectivity index is 1.99. The van der Waals surface area contributed by atoms with Gasteiger partial charge in [-0.15, -0.1) is 0 Å². The molecule has 0 radical (unpaired) electrons. The van der Waals surface area contributed by atoms with Gasteiger partial charge in [0, 0.05) is 0 Å². The van der Waals surface area contributed by atoms with Crippen molar-refractivity contribution in [2.75, 3.05) is 27.2 Å². The molecule has 0 bridgehead atoms. The smallest absolute Gasteiger partial charge is 0.128 e. The van der Waals surface area contributed by atoms with E-state index in [2.05, 4.69) is 21.0 Å². The van der Waals surface area contributed by atoms with Gasteiger partial charge in [-0.25, -0.2) is 0 Å². The highest BCUT2D eigenvalue weighted by Gasteiger charge is 2.21. The lowest BCUT2D eigenvalue weighted by Gasteiger charge is -2.32. The monoisotopic (exact) mass is 362 g/mol. The molecule has 26 heavy (non-hydrogen) atoms. The van der Waals surface area contributed by atoms with E-state index in [-0.39, 0.29) is 6.10 Å². The number of nitrogens with zero attached hydrogens (tertiary/aromatic N) is 1. The number of hydrogen-bond acceptors (Lipinski definition) is 1. The standard InChI is InChI=1S/C24H44NO/c1-4-5-6-7-8-9-10-11-12-13-14-18-21-25(2,3)22-24(26)23-19-16-15-17-20-23/h15-17,19-20,24,26H,4-14,18,21-22H2,1-3H3/q+1. The van der Waals surface area contributed by atoms with Crippen LogP contribution in [0.3, 0.4) is 0 Å². The van der Waals surface area contributed by atoms with E-state index in [1.807, 2.05) is 30.3 Å². The normalized spacial score (nSPS) is 13.1. The lowest BCUT2D eigenvalue weighted by molar-refractivity contribution is -0.894. The molecule has 1 unspecified atom stereocenters. The third kappa shape index (κ3) is 11.7. The summed E-state index contributed by atoms with van der Waals surface area (Å²) in [5.74, 6) is 0. The van der Waals surface area contributed by atoms with Crippen LogP contribution in [0.2, 0.25) is 0 Å². The van der Waals surface area contributed by atoms with Crippen LogP contribution in [0.5, 0.6) is 0 Å². The second kappa shape index (κ2) is 14.2. The summed E-state index contributed by atoms with van der Waals surface area (Å²) in [4.78, 5) is 0. The van der Waals surface area contributed by atoms with Crippen LogP contribution < -0.4 is 0 Å². The van der Waals surface area contributed by atoms with Gasteiger partial charge in [-0.3, -0.25) is 0 Å². The number of hydrogen-bond donors (Lipinski definition) is 1. The molecule has 1 atom stereocenters. The molecule has 0 aliphatic carbocycles. The van der Waals surface area contributed by atoms with E-state index in [0.717, 1.165) is 23.1 Å². The molecule has 0 spiro atoms. The van der Waals surface area contributed by atoms with Crippen LogP contribution in [0.25, 0.3) is 0 Å². The van der Waals surface area contributed by atoms with Gasteiger partial charge >= 0.3 is 0 Å². The van der Waals surface area contributed by atoms with Gasteiger partial charge in [0.2, 0.25) is 0 Å². The predicted octanol–water partition coefficient (Wildman–Crippen LogP) is 6.50. The molecule has 1 N–H and O–H groups in total. The summed E-state index contributed by atoms with van der Waals surface area (Å²) < 4.78 is 0.897. The number of benzene rings is 1. The van der Waals surface area contributed by atoms with Gasteiger partial charge in [-0.2, -0.15) is 0 Å². The van der Waals surface area contributed by atoms with Crippen LogP contribution in [0.15, 0.2) is 30.3 Å². The quantitative estimate of drug-likeness (QED) is 0.263. The molecule has 0 saturated heterocycles. The molecule has 0 aliphatic rings. The van der Waals surface area contributed by atoms with Gasteiger partial charge in [0.15, 0.2) is 0 Å². The maximum atomic E-state index is 10.4. The van der Waals surface area contributed by atoms with E-state index in [4.69, 9.17) is 0 Å². The minimum Gasteiger partial charge on any atom is -0.382 e. The summed E-state index contributed by atoms with van der Waals surface area (Å²) in [7, 11) is 4.48. The first-order chi connectivity index (χ1) is 12.5. The van der Waals surface area contributed by atoms with E-state index < -0.39 is 0 Å². The number of aliphatic hydroxyl groups is 1. The second-order valence-electron chi connectivity index (χ2n) is 8.66. The highest BCUT2D eigenvalue weighted by atomic mass is 16.3. The third-order valence-corrected chi connectivity index (χ3v) is 5.47. The first kappa shape index (κ1) is 23.2. The highest BCUT2D eigenvalue weighted by Crippen LogP contribution is 2.17. The Kier molecular flexibility index (Phi) is 12.7. The van der Waals surface area contributed by atoms with Gasteiger partial charge in [0.25, 0.3) is 0 Å². The number of rotatable bonds is 16. The van der Waals surface area contributed by atoms with Crippen LogP contribution in [0.1, 0.15) is 95.6 Å². The Morgan fingerprint density at radius 2 is 1.19 bits per heavy atom. The fraction of sp³-hybridized carbons (Fsp3) is 0.750. The van der Waals surface area contributed by atoms with Crippen LogP contribution in [0, 0.1) is 0 Å². The van der Waals surface area contributed by atoms with Crippen LogP contribution in [-0.2, 0) is 0 Å². The lowest BCUT2D eigenvalue weighted by atomic mass is 10.0. The topological polar surface area (TPSA) is 20.2 Å². The molecule has 150 valence electrons. The summed E-state index contributed by atoms with van der Waals surface area (Å²) in [6, 6.07) is 10.1. The van der Waals surface area contributed by atoms with Crippen molar-refractivity contribution in [3.8, 4) is 0 Å². The van der Waals surface area contributed by atoms with Crippen molar-refractivity contribution >= 4 is 0 Å². The summed E-state index contributed by atoms with van der Waals surface area (Å²) in [5, 5.41) is 10.4. The Bertz CT molecular complexity index is 429. The summed E-state index contributed by atoms with van der Waals surface area (Å²) in [6.45, 7) is 4.23. The fourth-order valence-corrected chi connectivity index (χ4v) is 3.72. The molecule has 2 heteroatoms. The summed E-state index contributed by atoms with van der Waals surface area (Å²) >= 11 is 0. The molecule has 1 rings (SSSR count). The number of unbranched alkanes of at least 4 members (excludes halogenated alkanes) is 11. The second-order valence-corrected chi connectivity index (χ2v) is 8.66. The van der Waals surface area contributed by atoms with Gasteiger partial charge < -0.3 is 9.59 Å². The molecule has 0 amide bonds. The first-order valence-electron chi connectivity index (χ1n) is 11.1. The first-order valence-corrected chi connectivity index (χ1v) is 11.1. The zero-order valence-electron chi connectivity index (χ0n) is 17.8. The Morgan fingerprint density at radius 3 is 1.69 bits per heavy atom. The number of likely N-dealkylation sites (N-methyl/N-ethyl adjacent to an activating group) is 1. The molecule has 2 nitrogen and oxygen atoms in total. The molecular formula is C24H44NO+. The summed E-state index contributed by atoms with van der Waals surface area (Å²) in [5.41, 5.74) is 1.04.